The molecule has 0 saturated carbocycles. The molecule has 1 aromatic heterocycles. The van der Waals surface area contributed by atoms with Crippen molar-refractivity contribution in [3.63, 3.8) is 0 Å². The van der Waals surface area contributed by atoms with Crippen LogP contribution in [0.5, 0.6) is 5.75 Å². The van der Waals surface area contributed by atoms with Crippen LogP contribution in [0.25, 0.3) is 11.3 Å². The van der Waals surface area contributed by atoms with E-state index in [1.165, 1.54) is 24.3 Å². The third kappa shape index (κ3) is 8.93. The first-order valence-corrected chi connectivity index (χ1v) is 14.5. The van der Waals surface area contributed by atoms with E-state index in [-0.39, 0.29) is 23.5 Å². The molecule has 3 amide bonds. The summed E-state index contributed by atoms with van der Waals surface area (Å²) in [4.78, 5) is 47.7. The Hall–Kier alpha value is -3.18. The second kappa shape index (κ2) is 15.4. The van der Waals surface area contributed by atoms with E-state index < -0.39 is 37.2 Å². The molecule has 2 rings (SSSR count). The van der Waals surface area contributed by atoms with Gasteiger partial charge in [0, 0.05) is 18.6 Å². The highest BCUT2D eigenvalue weighted by molar-refractivity contribution is 7.61. The maximum Gasteiger partial charge on any atom is 0.358 e. The molecule has 13 heteroatoms. The normalized spacial score (nSPS) is 14.1. The highest BCUT2D eigenvalue weighted by Gasteiger charge is 2.32. The summed E-state index contributed by atoms with van der Waals surface area (Å²) >= 11 is 0. The van der Waals surface area contributed by atoms with Gasteiger partial charge in [0.15, 0.2) is 5.76 Å². The van der Waals surface area contributed by atoms with Gasteiger partial charge >= 0.3 is 7.60 Å². The molecule has 0 fully saturated rings. The lowest BCUT2D eigenvalue weighted by Gasteiger charge is -2.24. The molecule has 2 aromatic rings. The van der Waals surface area contributed by atoms with Crippen molar-refractivity contribution in [1.29, 1.82) is 0 Å². The topological polar surface area (TPSA) is 176 Å². The van der Waals surface area contributed by atoms with Crippen molar-refractivity contribution in [2.24, 2.45) is 11.8 Å². The molecule has 1 heterocycles. The van der Waals surface area contributed by atoms with Crippen LogP contribution in [0.3, 0.4) is 0 Å². The van der Waals surface area contributed by atoms with Gasteiger partial charge in [-0.25, -0.2) is 5.48 Å². The first kappa shape index (κ1) is 32.0. The number of carbonyl (C=O) groups is 3. The first-order valence-electron chi connectivity index (χ1n) is 12.9. The summed E-state index contributed by atoms with van der Waals surface area (Å²) in [6.45, 7) is 5.68. The van der Waals surface area contributed by atoms with Crippen molar-refractivity contribution in [2.75, 3.05) is 20.4 Å². The fraction of sp³-hybridized carbons (Fsp3) is 0.500. The monoisotopic (exact) mass is 567 g/mol. The van der Waals surface area contributed by atoms with Gasteiger partial charge in [-0.2, -0.15) is 0 Å². The van der Waals surface area contributed by atoms with E-state index in [0.29, 0.717) is 30.8 Å². The quantitative estimate of drug-likeness (QED) is 0.0669. The van der Waals surface area contributed by atoms with E-state index in [4.69, 9.17) is 18.9 Å². The SMILES string of the molecule is CCCCC[C@@H](C(=O)NCNC(=O)c1ccc(-c2cc(OCC)cc(P(=O)(O)OC)c2)o1)[C@@H](CC)C(=O)NO. The van der Waals surface area contributed by atoms with Crippen LogP contribution in [0.2, 0.25) is 0 Å². The number of hydroxylamine groups is 1. The molecule has 39 heavy (non-hydrogen) atoms. The van der Waals surface area contributed by atoms with Crippen molar-refractivity contribution < 1.29 is 42.7 Å². The Balaban J connectivity index is 2.11. The van der Waals surface area contributed by atoms with Gasteiger partial charge in [0.25, 0.3) is 5.91 Å². The molecule has 0 bridgehead atoms. The van der Waals surface area contributed by atoms with E-state index in [2.05, 4.69) is 10.6 Å². The van der Waals surface area contributed by atoms with Gasteiger partial charge in [-0.1, -0.05) is 33.1 Å². The van der Waals surface area contributed by atoms with Crippen molar-refractivity contribution >= 4 is 30.6 Å². The molecule has 0 aliphatic heterocycles. The van der Waals surface area contributed by atoms with Crippen molar-refractivity contribution in [1.82, 2.24) is 16.1 Å². The molecular formula is C26H38N3O9P. The lowest BCUT2D eigenvalue weighted by atomic mass is 9.84. The number of ether oxygens (including phenoxy) is 1. The molecule has 0 aliphatic carbocycles. The van der Waals surface area contributed by atoms with Crippen LogP contribution in [0.15, 0.2) is 34.7 Å². The minimum Gasteiger partial charge on any atom is -0.494 e. The average Bonchev–Trinajstić information content (AvgIpc) is 3.43. The summed E-state index contributed by atoms with van der Waals surface area (Å²) in [5.74, 6) is -2.48. The number of furan rings is 1. The maximum atomic E-state index is 12.9. The minimum absolute atomic E-state index is 0.00446. The lowest BCUT2D eigenvalue weighted by Crippen LogP contribution is -2.44. The van der Waals surface area contributed by atoms with Gasteiger partial charge < -0.3 is 29.2 Å². The summed E-state index contributed by atoms with van der Waals surface area (Å²) in [6.07, 6.45) is 3.41. The molecular weight excluding hydrogens is 529 g/mol. The second-order valence-electron chi connectivity index (χ2n) is 8.83. The molecule has 0 aliphatic rings. The Bertz CT molecular complexity index is 1170. The summed E-state index contributed by atoms with van der Waals surface area (Å²) in [5.41, 5.74) is 2.03. The summed E-state index contributed by atoms with van der Waals surface area (Å²) in [7, 11) is -2.95. The molecule has 3 atom stereocenters. The van der Waals surface area contributed by atoms with Gasteiger partial charge in [0.05, 0.1) is 24.5 Å². The number of carbonyl (C=O) groups excluding carboxylic acids is 3. The van der Waals surface area contributed by atoms with E-state index in [1.54, 1.807) is 25.4 Å². The Morgan fingerprint density at radius 2 is 1.77 bits per heavy atom. The number of hydrogen-bond donors (Lipinski definition) is 5. The molecule has 12 nitrogen and oxygen atoms in total. The summed E-state index contributed by atoms with van der Waals surface area (Å²) in [5, 5.41) is 14.3. The molecule has 0 radical (unpaired) electrons. The summed E-state index contributed by atoms with van der Waals surface area (Å²) < 4.78 is 28.2. The largest absolute Gasteiger partial charge is 0.494 e. The zero-order valence-electron chi connectivity index (χ0n) is 22.7. The molecule has 0 spiro atoms. The molecule has 216 valence electrons. The Labute approximate surface area is 227 Å². The Morgan fingerprint density at radius 3 is 2.38 bits per heavy atom. The van der Waals surface area contributed by atoms with Gasteiger partial charge in [-0.05, 0) is 50.1 Å². The number of rotatable bonds is 16. The van der Waals surface area contributed by atoms with Crippen LogP contribution in [-0.4, -0.2) is 48.2 Å². The zero-order chi connectivity index (χ0) is 29.0. The van der Waals surface area contributed by atoms with Gasteiger partial charge in [0.1, 0.15) is 11.5 Å². The zero-order valence-corrected chi connectivity index (χ0v) is 23.6. The number of hydrogen-bond acceptors (Lipinski definition) is 8. The highest BCUT2D eigenvalue weighted by atomic mass is 31.2. The van der Waals surface area contributed by atoms with Crippen molar-refractivity contribution in [3.05, 3.63) is 36.1 Å². The van der Waals surface area contributed by atoms with Crippen LogP contribution in [0.1, 0.15) is 63.4 Å². The number of benzene rings is 1. The van der Waals surface area contributed by atoms with Gasteiger partial charge in [0.2, 0.25) is 11.8 Å². The summed E-state index contributed by atoms with van der Waals surface area (Å²) in [6, 6.07) is 7.38. The van der Waals surface area contributed by atoms with E-state index in [9.17, 15) is 23.8 Å². The van der Waals surface area contributed by atoms with Crippen LogP contribution >= 0.6 is 7.60 Å². The predicted molar refractivity (Wildman–Crippen MR) is 144 cm³/mol. The Kier molecular flexibility index (Phi) is 12.7. The van der Waals surface area contributed by atoms with Gasteiger partial charge in [-0.3, -0.25) is 24.2 Å². The number of amides is 3. The third-order valence-corrected chi connectivity index (χ3v) is 7.64. The average molecular weight is 568 g/mol. The number of nitrogens with one attached hydrogen (secondary N) is 3. The van der Waals surface area contributed by atoms with Gasteiger partial charge in [-0.15, -0.1) is 0 Å². The molecule has 1 unspecified atom stereocenters. The maximum absolute atomic E-state index is 12.9. The van der Waals surface area contributed by atoms with Crippen LogP contribution in [-0.2, 0) is 18.7 Å². The van der Waals surface area contributed by atoms with Crippen molar-refractivity contribution in [3.8, 4) is 17.1 Å². The van der Waals surface area contributed by atoms with E-state index in [0.717, 1.165) is 26.4 Å². The first-order chi connectivity index (χ1) is 18.6. The standard InChI is InChI=1S/C26H38N3O9P/c1-5-8-9-10-21(20(6-2)25(31)29-33)24(30)27-16-28-26(32)23-12-11-22(38-23)17-13-18(37-7-3)15-19(14-17)39(34,35)36-4/h11-15,20-21,33H,5-10,16H2,1-4H3,(H,27,30)(H,28,32)(H,29,31)(H,34,35)/t20-,21-/m1/s1. The second-order valence-corrected chi connectivity index (χ2v) is 10.8. The highest BCUT2D eigenvalue weighted by Crippen LogP contribution is 2.41. The smallest absolute Gasteiger partial charge is 0.358 e. The van der Waals surface area contributed by atoms with Crippen LogP contribution in [0.4, 0.5) is 0 Å². The Morgan fingerprint density at radius 1 is 1.03 bits per heavy atom. The lowest BCUT2D eigenvalue weighted by molar-refractivity contribution is -0.140. The fourth-order valence-corrected chi connectivity index (χ4v) is 4.96. The molecule has 5 N–H and O–H groups in total. The fourth-order valence-electron chi connectivity index (χ4n) is 4.15. The number of unbranched alkanes of at least 4 members (excludes halogenated alkanes) is 2. The molecule has 0 saturated heterocycles. The minimum atomic E-state index is -4.08. The van der Waals surface area contributed by atoms with E-state index in [1.807, 2.05) is 6.92 Å². The van der Waals surface area contributed by atoms with Crippen molar-refractivity contribution in [2.45, 2.75) is 52.9 Å². The third-order valence-electron chi connectivity index (χ3n) is 6.23. The van der Waals surface area contributed by atoms with Crippen LogP contribution in [0, 0.1) is 11.8 Å². The van der Waals surface area contributed by atoms with E-state index >= 15 is 0 Å². The van der Waals surface area contributed by atoms with Crippen LogP contribution < -0.4 is 26.2 Å². The molecule has 1 aromatic carbocycles. The predicted octanol–water partition coefficient (Wildman–Crippen LogP) is 3.33.